The molecule has 1 rings (SSSR count). The third kappa shape index (κ3) is 3.49. The summed E-state index contributed by atoms with van der Waals surface area (Å²) >= 11 is 0. The molecular weight excluding hydrogens is 158 g/mol. The van der Waals surface area contributed by atoms with E-state index in [9.17, 15) is 0 Å². The Morgan fingerprint density at radius 2 is 2.17 bits per heavy atom. The number of nitrogens with two attached hydrogens (primary N) is 1. The van der Waals surface area contributed by atoms with Gasteiger partial charge in [0.15, 0.2) is 0 Å². The molecule has 0 aromatic rings. The number of aliphatic hydroxyl groups excluding tert-OH is 1. The average Bonchev–Trinajstić information content (AvgIpc) is 2.16. The zero-order valence-corrected chi connectivity index (χ0v) is 7.24. The maximum Gasteiger partial charge on any atom is 0.0895 e. The fourth-order valence-corrected chi connectivity index (χ4v) is 1.16. The Balaban J connectivity index is 2.05. The first-order valence-corrected chi connectivity index (χ1v) is 4.40. The summed E-state index contributed by atoms with van der Waals surface area (Å²) in [4.78, 5) is 0. The minimum absolute atomic E-state index is 0.250. The van der Waals surface area contributed by atoms with Crippen molar-refractivity contribution in [1.29, 1.82) is 0 Å². The van der Waals surface area contributed by atoms with E-state index in [1.165, 1.54) is 0 Å². The zero-order chi connectivity index (χ0) is 8.81. The molecule has 1 heterocycles. The van der Waals surface area contributed by atoms with Gasteiger partial charge in [0.1, 0.15) is 0 Å². The Hall–Kier alpha value is -0.160. The molecule has 1 aliphatic rings. The molecule has 4 nitrogen and oxygen atoms in total. The van der Waals surface area contributed by atoms with Gasteiger partial charge in [0.25, 0.3) is 0 Å². The Bertz CT molecular complexity index is 115. The van der Waals surface area contributed by atoms with E-state index in [-0.39, 0.29) is 12.6 Å². The van der Waals surface area contributed by atoms with Crippen LogP contribution in [0.2, 0.25) is 0 Å². The summed E-state index contributed by atoms with van der Waals surface area (Å²) in [7, 11) is 0. The summed E-state index contributed by atoms with van der Waals surface area (Å²) in [5.41, 5.74) is 5.23. The summed E-state index contributed by atoms with van der Waals surface area (Å²) in [6, 6.07) is 0. The van der Waals surface area contributed by atoms with Crippen LogP contribution in [0.15, 0.2) is 0 Å². The zero-order valence-electron chi connectivity index (χ0n) is 7.24. The van der Waals surface area contributed by atoms with Crippen LogP contribution in [0, 0.1) is 0 Å². The van der Waals surface area contributed by atoms with Crippen molar-refractivity contribution in [3.05, 3.63) is 0 Å². The van der Waals surface area contributed by atoms with E-state index in [4.69, 9.17) is 20.3 Å². The molecule has 0 bridgehead atoms. The van der Waals surface area contributed by atoms with E-state index in [1.54, 1.807) is 0 Å². The lowest BCUT2D eigenvalue weighted by Crippen LogP contribution is -2.30. The van der Waals surface area contributed by atoms with Crippen molar-refractivity contribution >= 4 is 0 Å². The maximum atomic E-state index is 9.11. The molecule has 1 unspecified atom stereocenters. The van der Waals surface area contributed by atoms with Gasteiger partial charge in [-0.05, 0) is 12.8 Å². The lowest BCUT2D eigenvalue weighted by molar-refractivity contribution is -0.0572. The Labute approximate surface area is 72.6 Å². The van der Waals surface area contributed by atoms with Gasteiger partial charge in [0.2, 0.25) is 0 Å². The SMILES string of the molecule is NCC(O)COC1CCOCC1. The van der Waals surface area contributed by atoms with E-state index in [0.29, 0.717) is 6.61 Å². The molecule has 0 aromatic heterocycles. The Morgan fingerprint density at radius 3 is 2.75 bits per heavy atom. The van der Waals surface area contributed by atoms with Crippen molar-refractivity contribution in [3.63, 3.8) is 0 Å². The summed E-state index contributed by atoms with van der Waals surface area (Å²) in [5, 5.41) is 9.11. The molecule has 0 spiro atoms. The number of hydrogen-bond acceptors (Lipinski definition) is 4. The molecule has 3 N–H and O–H groups in total. The second-order valence-corrected chi connectivity index (χ2v) is 3.03. The standard InChI is InChI=1S/C8H17NO3/c9-5-7(10)6-12-8-1-3-11-4-2-8/h7-8,10H,1-6,9H2. The molecule has 12 heavy (non-hydrogen) atoms. The largest absolute Gasteiger partial charge is 0.389 e. The summed E-state index contributed by atoms with van der Waals surface area (Å²) in [5.74, 6) is 0. The predicted octanol–water partition coefficient (Wildman–Crippen LogP) is -0.498. The molecule has 1 atom stereocenters. The van der Waals surface area contributed by atoms with Crippen molar-refractivity contribution in [2.75, 3.05) is 26.4 Å². The Morgan fingerprint density at radius 1 is 1.50 bits per heavy atom. The van der Waals surface area contributed by atoms with Gasteiger partial charge >= 0.3 is 0 Å². The lowest BCUT2D eigenvalue weighted by atomic mass is 10.1. The van der Waals surface area contributed by atoms with Crippen LogP contribution in [0.1, 0.15) is 12.8 Å². The first-order chi connectivity index (χ1) is 5.83. The van der Waals surface area contributed by atoms with E-state index < -0.39 is 6.10 Å². The van der Waals surface area contributed by atoms with Gasteiger partial charge in [-0.25, -0.2) is 0 Å². The van der Waals surface area contributed by atoms with Crippen LogP contribution >= 0.6 is 0 Å². The van der Waals surface area contributed by atoms with E-state index in [0.717, 1.165) is 26.1 Å². The highest BCUT2D eigenvalue weighted by Crippen LogP contribution is 2.10. The number of aliphatic hydroxyl groups is 1. The molecule has 0 amide bonds. The first kappa shape index (κ1) is 9.92. The van der Waals surface area contributed by atoms with Gasteiger partial charge in [-0.2, -0.15) is 0 Å². The molecule has 0 radical (unpaired) electrons. The molecule has 0 saturated carbocycles. The molecular formula is C8H17NO3. The van der Waals surface area contributed by atoms with Gasteiger partial charge in [0, 0.05) is 19.8 Å². The topological polar surface area (TPSA) is 64.7 Å². The van der Waals surface area contributed by atoms with Gasteiger partial charge in [-0.15, -0.1) is 0 Å². The van der Waals surface area contributed by atoms with Gasteiger partial charge in [-0.3, -0.25) is 0 Å². The van der Waals surface area contributed by atoms with Crippen LogP contribution in [0.4, 0.5) is 0 Å². The molecule has 1 aliphatic heterocycles. The minimum atomic E-state index is -0.521. The van der Waals surface area contributed by atoms with Crippen molar-refractivity contribution in [3.8, 4) is 0 Å². The summed E-state index contributed by atoms with van der Waals surface area (Å²) in [6.45, 7) is 2.15. The third-order valence-electron chi connectivity index (χ3n) is 1.96. The normalized spacial score (nSPS) is 22.5. The fraction of sp³-hybridized carbons (Fsp3) is 1.00. The first-order valence-electron chi connectivity index (χ1n) is 4.40. The molecule has 0 aromatic carbocycles. The molecule has 4 heteroatoms. The van der Waals surface area contributed by atoms with Gasteiger partial charge in [-0.1, -0.05) is 0 Å². The maximum absolute atomic E-state index is 9.11. The van der Waals surface area contributed by atoms with Crippen LogP contribution in [0.3, 0.4) is 0 Å². The van der Waals surface area contributed by atoms with E-state index in [2.05, 4.69) is 0 Å². The quantitative estimate of drug-likeness (QED) is 0.604. The van der Waals surface area contributed by atoms with Crippen LogP contribution in [-0.2, 0) is 9.47 Å². The van der Waals surface area contributed by atoms with Crippen LogP contribution in [0.25, 0.3) is 0 Å². The number of rotatable bonds is 4. The van der Waals surface area contributed by atoms with Crippen LogP contribution in [0.5, 0.6) is 0 Å². The van der Waals surface area contributed by atoms with Crippen molar-refractivity contribution in [1.82, 2.24) is 0 Å². The van der Waals surface area contributed by atoms with Gasteiger partial charge in [0.05, 0.1) is 18.8 Å². The fourth-order valence-electron chi connectivity index (χ4n) is 1.16. The highest BCUT2D eigenvalue weighted by molar-refractivity contribution is 4.64. The second kappa shape index (κ2) is 5.48. The highest BCUT2D eigenvalue weighted by atomic mass is 16.5. The van der Waals surface area contributed by atoms with Crippen LogP contribution in [-0.4, -0.2) is 43.7 Å². The van der Waals surface area contributed by atoms with Crippen LogP contribution < -0.4 is 5.73 Å². The lowest BCUT2D eigenvalue weighted by Gasteiger charge is -2.23. The highest BCUT2D eigenvalue weighted by Gasteiger charge is 2.14. The monoisotopic (exact) mass is 175 g/mol. The van der Waals surface area contributed by atoms with Crippen molar-refractivity contribution < 1.29 is 14.6 Å². The molecule has 1 saturated heterocycles. The van der Waals surface area contributed by atoms with E-state index >= 15 is 0 Å². The minimum Gasteiger partial charge on any atom is -0.389 e. The molecule has 0 aliphatic carbocycles. The Kier molecular flexibility index (Phi) is 4.53. The van der Waals surface area contributed by atoms with Crippen molar-refractivity contribution in [2.45, 2.75) is 25.0 Å². The third-order valence-corrected chi connectivity index (χ3v) is 1.96. The smallest absolute Gasteiger partial charge is 0.0895 e. The van der Waals surface area contributed by atoms with Gasteiger partial charge < -0.3 is 20.3 Å². The van der Waals surface area contributed by atoms with Crippen molar-refractivity contribution in [2.24, 2.45) is 5.73 Å². The molecule has 72 valence electrons. The second-order valence-electron chi connectivity index (χ2n) is 3.03. The molecule has 1 fully saturated rings. The van der Waals surface area contributed by atoms with E-state index in [1.807, 2.05) is 0 Å². The predicted molar refractivity (Wildman–Crippen MR) is 44.9 cm³/mol. The number of hydrogen-bond donors (Lipinski definition) is 2. The summed E-state index contributed by atoms with van der Waals surface area (Å²) in [6.07, 6.45) is 1.59. The number of ether oxygens (including phenoxy) is 2. The summed E-state index contributed by atoms with van der Waals surface area (Å²) < 4.78 is 10.6. The average molecular weight is 175 g/mol.